The number of carbonyl (C=O) groups excluding carboxylic acids is 2. The van der Waals surface area contributed by atoms with Gasteiger partial charge in [0.2, 0.25) is 0 Å². The van der Waals surface area contributed by atoms with Gasteiger partial charge in [-0.1, -0.05) is 18.2 Å². The van der Waals surface area contributed by atoms with Crippen LogP contribution < -0.4 is 5.32 Å². The summed E-state index contributed by atoms with van der Waals surface area (Å²) >= 11 is 1.37. The summed E-state index contributed by atoms with van der Waals surface area (Å²) in [5, 5.41) is 13.8. The third-order valence-electron chi connectivity index (χ3n) is 6.00. The molecule has 1 aliphatic heterocycles. The van der Waals surface area contributed by atoms with Gasteiger partial charge in [0.15, 0.2) is 0 Å². The number of amides is 2. The van der Waals surface area contributed by atoms with Gasteiger partial charge in [0.25, 0.3) is 11.8 Å². The Labute approximate surface area is 189 Å². The van der Waals surface area contributed by atoms with Crippen molar-refractivity contribution in [3.05, 3.63) is 64.3 Å². The van der Waals surface area contributed by atoms with Gasteiger partial charge in [-0.05, 0) is 42.7 Å². The molecule has 1 aromatic carbocycles. The van der Waals surface area contributed by atoms with E-state index in [2.05, 4.69) is 15.3 Å². The summed E-state index contributed by atoms with van der Waals surface area (Å²) in [6, 6.07) is 11.9. The van der Waals surface area contributed by atoms with Crippen molar-refractivity contribution >= 4 is 44.3 Å². The summed E-state index contributed by atoms with van der Waals surface area (Å²) in [6.45, 7) is 3.30. The summed E-state index contributed by atoms with van der Waals surface area (Å²) < 4.78 is 0. The molecule has 32 heavy (non-hydrogen) atoms. The molecule has 3 aromatic heterocycles. The predicted octanol–water partition coefficient (Wildman–Crippen LogP) is 3.44. The number of hydrogen-bond donors (Lipinski definition) is 3. The Morgan fingerprint density at radius 1 is 1.31 bits per heavy atom. The van der Waals surface area contributed by atoms with Gasteiger partial charge in [-0.15, -0.1) is 11.3 Å². The standard InChI is InChI=1S/C24H24N4O3S/c1-14-4-5-15-12-19(27-18(15)11-14)24(31)28-9-6-16(13-28)20-17-3-2-7-26-23(17)32-21(20)22(30)25-8-10-29/h2-5,7,11-12,16,27,29H,6,8-10,13H2,1H3,(H,25,30)/t16-/m1/s1. The molecule has 7 nitrogen and oxygen atoms in total. The van der Waals surface area contributed by atoms with Crippen molar-refractivity contribution in [1.82, 2.24) is 20.2 Å². The number of aryl methyl sites for hydroxylation is 1. The fourth-order valence-electron chi connectivity index (χ4n) is 4.48. The van der Waals surface area contributed by atoms with Crippen molar-refractivity contribution in [1.29, 1.82) is 0 Å². The van der Waals surface area contributed by atoms with Crippen LogP contribution in [0.5, 0.6) is 0 Å². The lowest BCUT2D eigenvalue weighted by molar-refractivity contribution is 0.0786. The fraction of sp³-hybridized carbons (Fsp3) is 0.292. The number of carbonyl (C=O) groups is 2. The Hall–Kier alpha value is -3.23. The maximum atomic E-state index is 13.2. The zero-order chi connectivity index (χ0) is 22.2. The number of aliphatic hydroxyl groups excluding tert-OH is 1. The van der Waals surface area contributed by atoms with E-state index >= 15 is 0 Å². The van der Waals surface area contributed by atoms with Gasteiger partial charge in [0.05, 0.1) is 11.5 Å². The Balaban J connectivity index is 1.43. The van der Waals surface area contributed by atoms with E-state index < -0.39 is 0 Å². The largest absolute Gasteiger partial charge is 0.395 e. The van der Waals surface area contributed by atoms with Gasteiger partial charge >= 0.3 is 0 Å². The molecule has 8 heteroatoms. The normalized spacial score (nSPS) is 16.2. The van der Waals surface area contributed by atoms with Crippen LogP contribution in [0.2, 0.25) is 0 Å². The van der Waals surface area contributed by atoms with E-state index in [0.717, 1.165) is 38.7 Å². The van der Waals surface area contributed by atoms with E-state index in [-0.39, 0.29) is 30.9 Å². The number of thiophene rings is 1. The second kappa shape index (κ2) is 8.37. The number of H-pyrrole nitrogens is 1. The molecule has 3 N–H and O–H groups in total. The Morgan fingerprint density at radius 3 is 3.03 bits per heavy atom. The smallest absolute Gasteiger partial charge is 0.270 e. The number of fused-ring (bicyclic) bond motifs is 2. The molecule has 164 valence electrons. The third kappa shape index (κ3) is 3.65. The molecule has 0 unspecified atom stereocenters. The highest BCUT2D eigenvalue weighted by Crippen LogP contribution is 2.39. The Kier molecular flexibility index (Phi) is 5.40. The molecule has 1 aliphatic rings. The van der Waals surface area contributed by atoms with E-state index in [1.807, 2.05) is 48.2 Å². The highest BCUT2D eigenvalue weighted by molar-refractivity contribution is 7.20. The summed E-state index contributed by atoms with van der Waals surface area (Å²) in [7, 11) is 0. The number of aromatic amines is 1. The predicted molar refractivity (Wildman–Crippen MR) is 125 cm³/mol. The molecule has 0 spiro atoms. The number of aromatic nitrogens is 2. The molecular formula is C24H24N4O3S. The van der Waals surface area contributed by atoms with E-state index in [0.29, 0.717) is 23.7 Å². The molecule has 0 aliphatic carbocycles. The number of hydrogen-bond acceptors (Lipinski definition) is 5. The summed E-state index contributed by atoms with van der Waals surface area (Å²) in [6.07, 6.45) is 2.51. The lowest BCUT2D eigenvalue weighted by Crippen LogP contribution is -2.29. The first kappa shape index (κ1) is 20.7. The monoisotopic (exact) mass is 448 g/mol. The summed E-state index contributed by atoms with van der Waals surface area (Å²) in [4.78, 5) is 37.0. The number of pyridine rings is 1. The molecule has 1 fully saturated rings. The molecule has 2 amide bonds. The van der Waals surface area contributed by atoms with Gasteiger partial charge < -0.3 is 20.3 Å². The van der Waals surface area contributed by atoms with E-state index in [9.17, 15) is 9.59 Å². The van der Waals surface area contributed by atoms with Crippen molar-refractivity contribution in [2.24, 2.45) is 0 Å². The van der Waals surface area contributed by atoms with Crippen LogP contribution in [0, 0.1) is 6.92 Å². The molecular weight excluding hydrogens is 424 g/mol. The number of benzene rings is 1. The third-order valence-corrected chi connectivity index (χ3v) is 7.13. The maximum absolute atomic E-state index is 13.2. The van der Waals surface area contributed by atoms with Crippen LogP contribution in [-0.4, -0.2) is 58.0 Å². The molecule has 0 bridgehead atoms. The second-order valence-electron chi connectivity index (χ2n) is 8.19. The average Bonchev–Trinajstić information content (AvgIpc) is 3.52. The highest BCUT2D eigenvalue weighted by atomic mass is 32.1. The zero-order valence-corrected chi connectivity index (χ0v) is 18.5. The molecule has 0 saturated carbocycles. The lowest BCUT2D eigenvalue weighted by atomic mass is 9.95. The van der Waals surface area contributed by atoms with Gasteiger partial charge in [-0.3, -0.25) is 9.59 Å². The van der Waals surface area contributed by atoms with E-state index in [1.54, 1.807) is 6.20 Å². The Bertz CT molecular complexity index is 1330. The number of nitrogens with one attached hydrogen (secondary N) is 2. The van der Waals surface area contributed by atoms with Crippen LogP contribution >= 0.6 is 11.3 Å². The first-order valence-electron chi connectivity index (χ1n) is 10.7. The minimum Gasteiger partial charge on any atom is -0.395 e. The Morgan fingerprint density at radius 2 is 2.19 bits per heavy atom. The highest BCUT2D eigenvalue weighted by Gasteiger charge is 2.33. The molecule has 1 atom stereocenters. The van der Waals surface area contributed by atoms with Crippen molar-refractivity contribution < 1.29 is 14.7 Å². The maximum Gasteiger partial charge on any atom is 0.270 e. The molecule has 4 aromatic rings. The summed E-state index contributed by atoms with van der Waals surface area (Å²) in [5.74, 6) is -0.170. The van der Waals surface area contributed by atoms with Crippen LogP contribution in [-0.2, 0) is 0 Å². The van der Waals surface area contributed by atoms with Crippen LogP contribution in [0.4, 0.5) is 0 Å². The van der Waals surface area contributed by atoms with Crippen molar-refractivity contribution in [3.8, 4) is 0 Å². The molecule has 1 saturated heterocycles. The number of aliphatic hydroxyl groups is 1. The average molecular weight is 449 g/mol. The van der Waals surface area contributed by atoms with Crippen LogP contribution in [0.15, 0.2) is 42.6 Å². The first-order chi connectivity index (χ1) is 15.5. The lowest BCUT2D eigenvalue weighted by Gasteiger charge is -2.16. The van der Waals surface area contributed by atoms with Gasteiger partial charge in [-0.2, -0.15) is 0 Å². The van der Waals surface area contributed by atoms with Gasteiger partial charge in [0, 0.05) is 48.0 Å². The quantitative estimate of drug-likeness (QED) is 0.436. The van der Waals surface area contributed by atoms with Crippen molar-refractivity contribution in [2.45, 2.75) is 19.3 Å². The minimum absolute atomic E-state index is 0.0229. The second-order valence-corrected chi connectivity index (χ2v) is 9.19. The first-order valence-corrected chi connectivity index (χ1v) is 11.5. The fourth-order valence-corrected chi connectivity index (χ4v) is 5.63. The SMILES string of the molecule is Cc1ccc2cc(C(=O)N3CC[C@@H](c4c(C(=O)NCCO)sc5ncccc45)C3)[nH]c2c1. The molecule has 5 rings (SSSR count). The number of likely N-dealkylation sites (tertiary alicyclic amines) is 1. The molecule has 0 radical (unpaired) electrons. The van der Waals surface area contributed by atoms with Crippen LogP contribution in [0.3, 0.4) is 0 Å². The van der Waals surface area contributed by atoms with Crippen molar-refractivity contribution in [3.63, 3.8) is 0 Å². The van der Waals surface area contributed by atoms with E-state index in [1.165, 1.54) is 11.3 Å². The van der Waals surface area contributed by atoms with Gasteiger partial charge in [0.1, 0.15) is 10.5 Å². The van der Waals surface area contributed by atoms with Gasteiger partial charge in [-0.25, -0.2) is 4.98 Å². The number of rotatable bonds is 5. The molecule has 4 heterocycles. The van der Waals surface area contributed by atoms with Crippen LogP contribution in [0.1, 0.15) is 43.6 Å². The topological polar surface area (TPSA) is 98.3 Å². The zero-order valence-electron chi connectivity index (χ0n) is 17.7. The van der Waals surface area contributed by atoms with Crippen LogP contribution in [0.25, 0.3) is 21.1 Å². The van der Waals surface area contributed by atoms with E-state index in [4.69, 9.17) is 5.11 Å². The minimum atomic E-state index is -0.201. The number of nitrogens with zero attached hydrogens (tertiary/aromatic N) is 2. The summed E-state index contributed by atoms with van der Waals surface area (Å²) in [5.41, 5.74) is 3.64. The van der Waals surface area contributed by atoms with Crippen molar-refractivity contribution in [2.75, 3.05) is 26.2 Å².